The molecule has 1 aromatic heterocycles. The number of hydrogen-bond acceptors (Lipinski definition) is 6. The monoisotopic (exact) mass is 343 g/mol. The molecule has 0 spiro atoms. The van der Waals surface area contributed by atoms with Gasteiger partial charge in [-0.15, -0.1) is 0 Å². The van der Waals surface area contributed by atoms with Crippen LogP contribution in [-0.4, -0.2) is 22.7 Å². The first-order chi connectivity index (χ1) is 11.5. The SMILES string of the molecule is CCN(/N=C\c1ccc([N+](=O)[O-])cc1)c1cc(C)c(C#N)c(Cl)n1. The molecule has 0 aliphatic rings. The van der Waals surface area contributed by atoms with E-state index in [0.29, 0.717) is 17.9 Å². The van der Waals surface area contributed by atoms with Gasteiger partial charge < -0.3 is 0 Å². The maximum absolute atomic E-state index is 10.6. The van der Waals surface area contributed by atoms with Gasteiger partial charge in [-0.25, -0.2) is 9.99 Å². The average molecular weight is 344 g/mol. The number of aromatic nitrogens is 1. The largest absolute Gasteiger partial charge is 0.269 e. The van der Waals surface area contributed by atoms with Crippen molar-refractivity contribution in [3.05, 3.63) is 62.3 Å². The summed E-state index contributed by atoms with van der Waals surface area (Å²) in [5.74, 6) is 0.525. The first-order valence-electron chi connectivity index (χ1n) is 7.09. The predicted molar refractivity (Wildman–Crippen MR) is 92.4 cm³/mol. The van der Waals surface area contributed by atoms with Gasteiger partial charge in [0.25, 0.3) is 5.69 Å². The second-order valence-electron chi connectivity index (χ2n) is 4.88. The fourth-order valence-corrected chi connectivity index (χ4v) is 2.28. The minimum atomic E-state index is -0.454. The van der Waals surface area contributed by atoms with Gasteiger partial charge in [0.1, 0.15) is 11.2 Å². The van der Waals surface area contributed by atoms with Crippen LogP contribution in [0.4, 0.5) is 11.5 Å². The van der Waals surface area contributed by atoms with Crippen molar-refractivity contribution in [1.82, 2.24) is 4.98 Å². The van der Waals surface area contributed by atoms with E-state index in [9.17, 15) is 10.1 Å². The van der Waals surface area contributed by atoms with Crippen molar-refractivity contribution in [2.24, 2.45) is 5.10 Å². The first kappa shape index (κ1) is 17.4. The Hall–Kier alpha value is -2.98. The van der Waals surface area contributed by atoms with Crippen LogP contribution < -0.4 is 5.01 Å². The minimum Gasteiger partial charge on any atom is -0.258 e. The molecule has 1 heterocycles. The molecule has 0 saturated carbocycles. The molecular weight excluding hydrogens is 330 g/mol. The van der Waals surface area contributed by atoms with Crippen molar-refractivity contribution in [3.8, 4) is 6.07 Å². The summed E-state index contributed by atoms with van der Waals surface area (Å²) in [5.41, 5.74) is 1.80. The number of pyridine rings is 1. The van der Waals surface area contributed by atoms with E-state index >= 15 is 0 Å². The maximum Gasteiger partial charge on any atom is 0.269 e. The van der Waals surface area contributed by atoms with E-state index < -0.39 is 4.92 Å². The number of anilines is 1. The third-order valence-electron chi connectivity index (χ3n) is 3.28. The molecule has 0 radical (unpaired) electrons. The number of rotatable bonds is 5. The van der Waals surface area contributed by atoms with Crippen molar-refractivity contribution in [3.63, 3.8) is 0 Å². The summed E-state index contributed by atoms with van der Waals surface area (Å²) in [6, 6.07) is 9.80. The van der Waals surface area contributed by atoms with E-state index in [0.717, 1.165) is 11.1 Å². The predicted octanol–water partition coefficient (Wildman–Crippen LogP) is 3.68. The zero-order valence-electron chi connectivity index (χ0n) is 13.1. The molecule has 0 atom stereocenters. The number of benzene rings is 1. The van der Waals surface area contributed by atoms with Crippen molar-refractivity contribution in [2.45, 2.75) is 13.8 Å². The van der Waals surface area contributed by atoms with E-state index in [-0.39, 0.29) is 10.8 Å². The van der Waals surface area contributed by atoms with E-state index in [1.54, 1.807) is 36.3 Å². The molecule has 0 aliphatic heterocycles. The number of aryl methyl sites for hydroxylation is 1. The normalized spacial score (nSPS) is 10.6. The van der Waals surface area contributed by atoms with Crippen molar-refractivity contribution < 1.29 is 4.92 Å². The Kier molecular flexibility index (Phi) is 5.45. The lowest BCUT2D eigenvalue weighted by Gasteiger charge is -2.17. The Morgan fingerprint density at radius 3 is 2.62 bits per heavy atom. The molecule has 0 bridgehead atoms. The Balaban J connectivity index is 2.26. The number of hydrazone groups is 1. The number of nitro benzene ring substituents is 1. The summed E-state index contributed by atoms with van der Waals surface area (Å²) < 4.78 is 0. The molecule has 0 fully saturated rings. The molecule has 0 saturated heterocycles. The van der Waals surface area contributed by atoms with E-state index in [2.05, 4.69) is 10.1 Å². The van der Waals surface area contributed by atoms with Gasteiger partial charge in [-0.3, -0.25) is 10.1 Å². The molecule has 7 nitrogen and oxygen atoms in total. The number of non-ortho nitro benzene ring substituents is 1. The highest BCUT2D eigenvalue weighted by Gasteiger charge is 2.11. The van der Waals surface area contributed by atoms with Gasteiger partial charge in [0.2, 0.25) is 0 Å². The molecule has 0 unspecified atom stereocenters. The molecule has 0 aliphatic carbocycles. The average Bonchev–Trinajstić information content (AvgIpc) is 2.55. The molecule has 2 rings (SSSR count). The van der Waals surface area contributed by atoms with Gasteiger partial charge in [-0.05, 0) is 43.2 Å². The van der Waals surface area contributed by atoms with Crippen LogP contribution in [0.1, 0.15) is 23.6 Å². The highest BCUT2D eigenvalue weighted by atomic mass is 35.5. The van der Waals surface area contributed by atoms with Crippen molar-refractivity contribution in [2.75, 3.05) is 11.6 Å². The Labute approximate surface area is 144 Å². The summed E-state index contributed by atoms with van der Waals surface area (Å²) in [5, 5.41) is 25.8. The third-order valence-corrected chi connectivity index (χ3v) is 3.56. The van der Waals surface area contributed by atoms with Crippen LogP contribution in [0.15, 0.2) is 35.4 Å². The number of nitriles is 1. The quantitative estimate of drug-likeness (QED) is 0.357. The standard InChI is InChI=1S/C16H14ClN5O2/c1-3-21(15-8-11(2)14(9-18)16(17)20-15)19-10-12-4-6-13(7-5-12)22(23)24/h4-8,10H,3H2,1-2H3/b19-10-. The Morgan fingerprint density at radius 1 is 1.46 bits per heavy atom. The van der Waals surface area contributed by atoms with Crippen molar-refractivity contribution in [1.29, 1.82) is 5.26 Å². The molecule has 122 valence electrons. The van der Waals surface area contributed by atoms with Gasteiger partial charge in [0, 0.05) is 18.7 Å². The zero-order valence-corrected chi connectivity index (χ0v) is 13.9. The molecule has 2 aromatic rings. The van der Waals surface area contributed by atoms with Crippen LogP contribution in [0.25, 0.3) is 0 Å². The van der Waals surface area contributed by atoms with Crippen LogP contribution in [0.5, 0.6) is 0 Å². The third kappa shape index (κ3) is 3.86. The minimum absolute atomic E-state index is 0.0238. The number of nitro groups is 1. The van der Waals surface area contributed by atoms with Gasteiger partial charge in [0.05, 0.1) is 16.7 Å². The number of halogens is 1. The number of nitrogens with zero attached hydrogens (tertiary/aromatic N) is 5. The molecule has 0 N–H and O–H groups in total. The lowest BCUT2D eigenvalue weighted by molar-refractivity contribution is -0.384. The summed E-state index contributed by atoms with van der Waals surface area (Å²) in [6.07, 6.45) is 1.58. The highest BCUT2D eigenvalue weighted by Crippen LogP contribution is 2.23. The van der Waals surface area contributed by atoms with Crippen LogP contribution in [-0.2, 0) is 0 Å². The smallest absolute Gasteiger partial charge is 0.258 e. The van der Waals surface area contributed by atoms with Gasteiger partial charge >= 0.3 is 0 Å². The van der Waals surface area contributed by atoms with Gasteiger partial charge in [0.15, 0.2) is 5.82 Å². The maximum atomic E-state index is 10.6. The first-order valence-corrected chi connectivity index (χ1v) is 7.47. The van der Waals surface area contributed by atoms with Crippen molar-refractivity contribution >= 4 is 29.3 Å². The Morgan fingerprint density at radius 2 is 2.12 bits per heavy atom. The molecular formula is C16H14ClN5O2. The Bertz CT molecular complexity index is 804. The van der Waals surface area contributed by atoms with Crippen LogP contribution in [0.2, 0.25) is 5.15 Å². The van der Waals surface area contributed by atoms with E-state index in [1.165, 1.54) is 12.1 Å². The lowest BCUT2D eigenvalue weighted by atomic mass is 10.2. The topological polar surface area (TPSA) is 95.4 Å². The molecule has 1 aromatic carbocycles. The molecule has 8 heteroatoms. The zero-order chi connectivity index (χ0) is 17.7. The number of hydrogen-bond donors (Lipinski definition) is 0. The second-order valence-corrected chi connectivity index (χ2v) is 5.24. The highest BCUT2D eigenvalue weighted by molar-refractivity contribution is 6.30. The van der Waals surface area contributed by atoms with Crippen LogP contribution >= 0.6 is 11.6 Å². The van der Waals surface area contributed by atoms with E-state index in [1.807, 2.05) is 13.0 Å². The van der Waals surface area contributed by atoms with Gasteiger partial charge in [-0.2, -0.15) is 10.4 Å². The van der Waals surface area contributed by atoms with Gasteiger partial charge in [-0.1, -0.05) is 11.6 Å². The summed E-state index contributed by atoms with van der Waals surface area (Å²) in [7, 11) is 0. The summed E-state index contributed by atoms with van der Waals surface area (Å²) in [4.78, 5) is 14.4. The fourth-order valence-electron chi connectivity index (χ4n) is 2.01. The lowest BCUT2D eigenvalue weighted by Crippen LogP contribution is -2.17. The van der Waals surface area contributed by atoms with E-state index in [4.69, 9.17) is 16.9 Å². The fraction of sp³-hybridized carbons (Fsp3) is 0.188. The summed E-state index contributed by atoms with van der Waals surface area (Å²) in [6.45, 7) is 4.22. The van der Waals surface area contributed by atoms with Crippen LogP contribution in [0, 0.1) is 28.4 Å². The molecule has 0 amide bonds. The summed E-state index contributed by atoms with van der Waals surface area (Å²) >= 11 is 6.02. The van der Waals surface area contributed by atoms with Crippen LogP contribution in [0.3, 0.4) is 0 Å². The second kappa shape index (κ2) is 7.53. The molecule has 24 heavy (non-hydrogen) atoms.